The van der Waals surface area contributed by atoms with Crippen LogP contribution in [0.3, 0.4) is 0 Å². The molecule has 1 aromatic carbocycles. The lowest BCUT2D eigenvalue weighted by Gasteiger charge is -2.23. The average Bonchev–Trinajstić information content (AvgIpc) is 2.59. The molecule has 1 rings (SSSR count). The van der Waals surface area contributed by atoms with Gasteiger partial charge in [0, 0.05) is 18.7 Å². The number of nitrogens with zero attached hydrogens (tertiary/aromatic N) is 1. The number of hydrogen-bond acceptors (Lipinski definition) is 3. The fraction of sp³-hybridized carbons (Fsp3) is 0.632. The number of methoxy groups -OCH3 is 2. The molecule has 0 aliphatic rings. The number of unbranched alkanes of at least 4 members (excludes halogenated alkanes) is 4. The van der Waals surface area contributed by atoms with E-state index < -0.39 is 0 Å². The van der Waals surface area contributed by atoms with Crippen LogP contribution in [0.2, 0.25) is 0 Å². The van der Waals surface area contributed by atoms with Crippen molar-refractivity contribution in [2.24, 2.45) is 0 Å². The molecule has 130 valence electrons. The molecule has 4 nitrogen and oxygen atoms in total. The van der Waals surface area contributed by atoms with Gasteiger partial charge >= 0.3 is 0 Å². The fourth-order valence-electron chi connectivity index (χ4n) is 2.57. The van der Waals surface area contributed by atoms with Crippen molar-refractivity contribution in [3.63, 3.8) is 0 Å². The first-order valence-electron chi connectivity index (χ1n) is 8.69. The molecule has 0 heterocycles. The molecule has 0 aromatic heterocycles. The first-order chi connectivity index (χ1) is 11.2. The third-order valence-corrected chi connectivity index (χ3v) is 3.98. The van der Waals surface area contributed by atoms with Gasteiger partial charge in [0.1, 0.15) is 0 Å². The number of hydrogen-bond donors (Lipinski definition) is 0. The summed E-state index contributed by atoms with van der Waals surface area (Å²) in [5.74, 6) is 1.33. The summed E-state index contributed by atoms with van der Waals surface area (Å²) in [4.78, 5) is 14.8. The molecule has 0 fully saturated rings. The van der Waals surface area contributed by atoms with E-state index in [0.717, 1.165) is 51.6 Å². The molecule has 0 bridgehead atoms. The van der Waals surface area contributed by atoms with E-state index in [2.05, 4.69) is 13.8 Å². The van der Waals surface area contributed by atoms with Crippen LogP contribution in [0.15, 0.2) is 18.2 Å². The van der Waals surface area contributed by atoms with Gasteiger partial charge in [-0.15, -0.1) is 0 Å². The molecule has 0 spiro atoms. The Bertz CT molecular complexity index is 464. The molecule has 0 N–H and O–H groups in total. The summed E-state index contributed by atoms with van der Waals surface area (Å²) in [6.07, 6.45) is 6.75. The van der Waals surface area contributed by atoms with Gasteiger partial charge in [-0.3, -0.25) is 4.79 Å². The molecule has 0 saturated heterocycles. The summed E-state index contributed by atoms with van der Waals surface area (Å²) >= 11 is 0. The Morgan fingerprint density at radius 1 is 0.913 bits per heavy atom. The Hall–Kier alpha value is -1.71. The Morgan fingerprint density at radius 2 is 1.48 bits per heavy atom. The second kappa shape index (κ2) is 10.9. The van der Waals surface area contributed by atoms with Gasteiger partial charge in [-0.05, 0) is 31.0 Å². The minimum absolute atomic E-state index is 0.0816. The van der Waals surface area contributed by atoms with Crippen LogP contribution in [-0.4, -0.2) is 38.1 Å². The monoisotopic (exact) mass is 321 g/mol. The molecule has 1 aromatic rings. The fourth-order valence-corrected chi connectivity index (χ4v) is 2.57. The van der Waals surface area contributed by atoms with E-state index in [1.54, 1.807) is 26.4 Å². The molecule has 0 unspecified atom stereocenters. The van der Waals surface area contributed by atoms with E-state index in [1.807, 2.05) is 11.0 Å². The second-order valence-electron chi connectivity index (χ2n) is 5.78. The minimum atomic E-state index is 0.0816. The zero-order valence-corrected chi connectivity index (χ0v) is 15.1. The van der Waals surface area contributed by atoms with E-state index in [4.69, 9.17) is 9.47 Å². The highest BCUT2D eigenvalue weighted by molar-refractivity contribution is 5.95. The van der Waals surface area contributed by atoms with Gasteiger partial charge in [-0.1, -0.05) is 39.5 Å². The van der Waals surface area contributed by atoms with Crippen molar-refractivity contribution in [3.05, 3.63) is 23.8 Å². The van der Waals surface area contributed by atoms with Gasteiger partial charge < -0.3 is 14.4 Å². The topological polar surface area (TPSA) is 38.8 Å². The number of carbonyl (C=O) groups excluding carboxylic acids is 1. The van der Waals surface area contributed by atoms with E-state index in [0.29, 0.717) is 17.1 Å². The van der Waals surface area contributed by atoms with Crippen LogP contribution in [-0.2, 0) is 0 Å². The van der Waals surface area contributed by atoms with Crippen LogP contribution in [0.4, 0.5) is 0 Å². The van der Waals surface area contributed by atoms with E-state index in [1.165, 1.54) is 0 Å². The third-order valence-electron chi connectivity index (χ3n) is 3.98. The van der Waals surface area contributed by atoms with Crippen molar-refractivity contribution in [3.8, 4) is 11.5 Å². The lowest BCUT2D eigenvalue weighted by molar-refractivity contribution is 0.0749. The summed E-state index contributed by atoms with van der Waals surface area (Å²) in [6.45, 7) is 6.00. The van der Waals surface area contributed by atoms with Gasteiger partial charge in [0.15, 0.2) is 11.5 Å². The minimum Gasteiger partial charge on any atom is -0.493 e. The van der Waals surface area contributed by atoms with Gasteiger partial charge in [0.05, 0.1) is 14.2 Å². The average molecular weight is 321 g/mol. The Kier molecular flexibility index (Phi) is 9.18. The van der Waals surface area contributed by atoms with Crippen LogP contribution in [0, 0.1) is 0 Å². The molecule has 0 aliphatic heterocycles. The second-order valence-corrected chi connectivity index (χ2v) is 5.78. The van der Waals surface area contributed by atoms with Crippen molar-refractivity contribution in [1.82, 2.24) is 4.90 Å². The van der Waals surface area contributed by atoms with Gasteiger partial charge in [-0.25, -0.2) is 0 Å². The van der Waals surface area contributed by atoms with Crippen LogP contribution < -0.4 is 9.47 Å². The normalized spacial score (nSPS) is 10.4. The Morgan fingerprint density at radius 3 is 1.96 bits per heavy atom. The molecule has 0 saturated carbocycles. The smallest absolute Gasteiger partial charge is 0.253 e. The van der Waals surface area contributed by atoms with Crippen molar-refractivity contribution >= 4 is 5.91 Å². The van der Waals surface area contributed by atoms with Gasteiger partial charge in [0.25, 0.3) is 5.91 Å². The predicted molar refractivity (Wildman–Crippen MR) is 94.5 cm³/mol. The van der Waals surface area contributed by atoms with Crippen LogP contribution >= 0.6 is 0 Å². The quantitative estimate of drug-likeness (QED) is 0.562. The standard InChI is InChI=1S/C19H31NO3/c1-5-7-9-13-20(14-10-8-6-2)19(21)16-11-12-17(22-3)18(15-16)23-4/h11-12,15H,5-10,13-14H2,1-4H3. The van der Waals surface area contributed by atoms with E-state index in [-0.39, 0.29) is 5.91 Å². The SMILES string of the molecule is CCCCCN(CCCCC)C(=O)c1ccc(OC)c(OC)c1. The molecular weight excluding hydrogens is 290 g/mol. The number of carbonyl (C=O) groups is 1. The van der Waals surface area contributed by atoms with Gasteiger partial charge in [-0.2, -0.15) is 0 Å². The highest BCUT2D eigenvalue weighted by atomic mass is 16.5. The maximum absolute atomic E-state index is 12.8. The van der Waals surface area contributed by atoms with Gasteiger partial charge in [0.2, 0.25) is 0 Å². The van der Waals surface area contributed by atoms with Crippen molar-refractivity contribution in [2.45, 2.75) is 52.4 Å². The van der Waals surface area contributed by atoms with E-state index >= 15 is 0 Å². The predicted octanol–water partition coefficient (Wildman–Crippen LogP) is 4.53. The Labute approximate surface area is 140 Å². The van der Waals surface area contributed by atoms with Crippen LogP contribution in [0.1, 0.15) is 62.7 Å². The molecule has 23 heavy (non-hydrogen) atoms. The summed E-state index contributed by atoms with van der Waals surface area (Å²) in [5.41, 5.74) is 0.663. The zero-order valence-electron chi connectivity index (χ0n) is 15.1. The summed E-state index contributed by atoms with van der Waals surface area (Å²) < 4.78 is 10.5. The van der Waals surface area contributed by atoms with Crippen LogP contribution in [0.25, 0.3) is 0 Å². The van der Waals surface area contributed by atoms with E-state index in [9.17, 15) is 4.79 Å². The maximum atomic E-state index is 12.8. The lowest BCUT2D eigenvalue weighted by atomic mass is 10.1. The zero-order chi connectivity index (χ0) is 17.1. The first-order valence-corrected chi connectivity index (χ1v) is 8.69. The third kappa shape index (κ3) is 6.12. The summed E-state index contributed by atoms with van der Waals surface area (Å²) in [7, 11) is 3.19. The first kappa shape index (κ1) is 19.3. The molecule has 0 atom stereocenters. The number of rotatable bonds is 11. The molecule has 0 aliphatic carbocycles. The number of benzene rings is 1. The molecular formula is C19H31NO3. The Balaban J connectivity index is 2.84. The summed E-state index contributed by atoms with van der Waals surface area (Å²) in [6, 6.07) is 5.38. The maximum Gasteiger partial charge on any atom is 0.253 e. The highest BCUT2D eigenvalue weighted by Gasteiger charge is 2.17. The van der Waals surface area contributed by atoms with Crippen molar-refractivity contribution in [2.75, 3.05) is 27.3 Å². The number of ether oxygens (including phenoxy) is 2. The summed E-state index contributed by atoms with van der Waals surface area (Å²) in [5, 5.41) is 0. The van der Waals surface area contributed by atoms with Crippen molar-refractivity contribution < 1.29 is 14.3 Å². The number of amides is 1. The molecule has 1 amide bonds. The lowest BCUT2D eigenvalue weighted by Crippen LogP contribution is -2.33. The molecule has 4 heteroatoms. The van der Waals surface area contributed by atoms with Crippen LogP contribution in [0.5, 0.6) is 11.5 Å². The highest BCUT2D eigenvalue weighted by Crippen LogP contribution is 2.28. The van der Waals surface area contributed by atoms with Crippen molar-refractivity contribution in [1.29, 1.82) is 0 Å². The molecule has 0 radical (unpaired) electrons. The largest absolute Gasteiger partial charge is 0.493 e.